The maximum Gasteiger partial charge on any atom is 0.311 e. The Morgan fingerprint density at radius 1 is 1.64 bits per heavy atom. The fourth-order valence-electron chi connectivity index (χ4n) is 1.43. The minimum Gasteiger partial charge on any atom is -0.466 e. The summed E-state index contributed by atoms with van der Waals surface area (Å²) in [4.78, 5) is 11.6. The summed E-state index contributed by atoms with van der Waals surface area (Å²) in [6.07, 6.45) is 0.784. The van der Waals surface area contributed by atoms with Gasteiger partial charge in [0.05, 0.1) is 24.7 Å². The molecular formula is C10H17BrO3. The molecule has 0 N–H and O–H groups in total. The van der Waals surface area contributed by atoms with Crippen LogP contribution < -0.4 is 0 Å². The van der Waals surface area contributed by atoms with Gasteiger partial charge in [0.2, 0.25) is 0 Å². The number of carbonyl (C=O) groups is 1. The predicted octanol–water partition coefficient (Wildman–Crippen LogP) is 2.13. The molecule has 3 nitrogen and oxygen atoms in total. The average Bonchev–Trinajstić information content (AvgIpc) is 2.10. The Balaban J connectivity index is 2.50. The van der Waals surface area contributed by atoms with Gasteiger partial charge in [0, 0.05) is 4.83 Å². The number of rotatable bonds is 2. The number of hydrogen-bond donors (Lipinski definition) is 0. The fourth-order valence-corrected chi connectivity index (χ4v) is 2.02. The lowest BCUT2D eigenvalue weighted by Gasteiger charge is -2.38. The van der Waals surface area contributed by atoms with E-state index in [1.807, 2.05) is 20.8 Å². The number of hydrogen-bond acceptors (Lipinski definition) is 3. The molecule has 2 unspecified atom stereocenters. The molecule has 2 atom stereocenters. The molecule has 0 bridgehead atoms. The van der Waals surface area contributed by atoms with E-state index in [-0.39, 0.29) is 22.3 Å². The van der Waals surface area contributed by atoms with E-state index in [2.05, 4.69) is 15.9 Å². The van der Waals surface area contributed by atoms with Crippen molar-refractivity contribution >= 4 is 21.9 Å². The Kier molecular flexibility index (Phi) is 3.95. The molecule has 82 valence electrons. The third-order valence-electron chi connectivity index (χ3n) is 2.52. The van der Waals surface area contributed by atoms with Crippen molar-refractivity contribution in [1.82, 2.24) is 0 Å². The van der Waals surface area contributed by atoms with Gasteiger partial charge < -0.3 is 9.47 Å². The van der Waals surface area contributed by atoms with Crippen LogP contribution in [0.3, 0.4) is 0 Å². The standard InChI is InChI=1S/C10H17BrO3/c1-4-13-9(12)7-5-8(11)10(2,3)14-6-7/h7-8H,4-6H2,1-3H3. The smallest absolute Gasteiger partial charge is 0.311 e. The molecule has 0 amide bonds. The van der Waals surface area contributed by atoms with Crippen molar-refractivity contribution in [3.05, 3.63) is 0 Å². The summed E-state index contributed by atoms with van der Waals surface area (Å²) in [6, 6.07) is 0. The quantitative estimate of drug-likeness (QED) is 0.566. The minimum atomic E-state index is -0.191. The van der Waals surface area contributed by atoms with Crippen LogP contribution in [-0.4, -0.2) is 29.6 Å². The lowest BCUT2D eigenvalue weighted by Crippen LogP contribution is -2.45. The highest BCUT2D eigenvalue weighted by Gasteiger charge is 2.38. The predicted molar refractivity (Wildman–Crippen MR) is 57.5 cm³/mol. The first-order valence-electron chi connectivity index (χ1n) is 4.92. The molecule has 0 aliphatic carbocycles. The van der Waals surface area contributed by atoms with Gasteiger partial charge in [-0.1, -0.05) is 15.9 Å². The first-order valence-corrected chi connectivity index (χ1v) is 5.83. The largest absolute Gasteiger partial charge is 0.466 e. The Hall–Kier alpha value is -0.0900. The normalized spacial score (nSPS) is 31.1. The van der Waals surface area contributed by atoms with Crippen molar-refractivity contribution in [3.8, 4) is 0 Å². The van der Waals surface area contributed by atoms with E-state index >= 15 is 0 Å². The molecule has 1 rings (SSSR count). The zero-order valence-electron chi connectivity index (χ0n) is 8.88. The van der Waals surface area contributed by atoms with E-state index < -0.39 is 0 Å². The van der Waals surface area contributed by atoms with E-state index in [1.165, 1.54) is 0 Å². The Labute approximate surface area is 93.3 Å². The van der Waals surface area contributed by atoms with Crippen LogP contribution in [0.1, 0.15) is 27.2 Å². The molecule has 0 aromatic rings. The van der Waals surface area contributed by atoms with Crippen LogP contribution in [0.15, 0.2) is 0 Å². The zero-order valence-corrected chi connectivity index (χ0v) is 10.5. The molecule has 1 aliphatic heterocycles. The summed E-state index contributed by atoms with van der Waals surface area (Å²) in [6.45, 7) is 6.76. The van der Waals surface area contributed by atoms with E-state index in [0.717, 1.165) is 6.42 Å². The zero-order chi connectivity index (χ0) is 10.8. The van der Waals surface area contributed by atoms with Gasteiger partial charge in [0.25, 0.3) is 0 Å². The Morgan fingerprint density at radius 2 is 2.29 bits per heavy atom. The number of alkyl halides is 1. The van der Waals surface area contributed by atoms with Crippen molar-refractivity contribution < 1.29 is 14.3 Å². The molecular weight excluding hydrogens is 248 g/mol. The molecule has 4 heteroatoms. The molecule has 14 heavy (non-hydrogen) atoms. The van der Waals surface area contributed by atoms with Crippen molar-refractivity contribution in [2.45, 2.75) is 37.6 Å². The molecule has 1 fully saturated rings. The monoisotopic (exact) mass is 264 g/mol. The molecule has 0 radical (unpaired) electrons. The van der Waals surface area contributed by atoms with E-state index in [4.69, 9.17) is 9.47 Å². The molecule has 1 aliphatic rings. The molecule has 0 spiro atoms. The lowest BCUT2D eigenvalue weighted by atomic mass is 9.91. The molecule has 1 saturated heterocycles. The Bertz CT molecular complexity index is 215. The van der Waals surface area contributed by atoms with Gasteiger partial charge in [-0.25, -0.2) is 0 Å². The van der Waals surface area contributed by atoms with Crippen LogP contribution in [0.4, 0.5) is 0 Å². The minimum absolute atomic E-state index is 0.118. The van der Waals surface area contributed by atoms with Gasteiger partial charge in [-0.3, -0.25) is 4.79 Å². The van der Waals surface area contributed by atoms with Gasteiger partial charge in [-0.05, 0) is 27.2 Å². The summed E-state index contributed by atoms with van der Waals surface area (Å²) in [5.41, 5.74) is -0.191. The summed E-state index contributed by atoms with van der Waals surface area (Å²) in [5.74, 6) is -0.264. The highest BCUT2D eigenvalue weighted by atomic mass is 79.9. The number of carbonyl (C=O) groups excluding carboxylic acids is 1. The third-order valence-corrected chi connectivity index (χ3v) is 4.00. The van der Waals surface area contributed by atoms with Crippen molar-refractivity contribution in [1.29, 1.82) is 0 Å². The van der Waals surface area contributed by atoms with Gasteiger partial charge in [-0.15, -0.1) is 0 Å². The number of esters is 1. The summed E-state index contributed by atoms with van der Waals surface area (Å²) < 4.78 is 10.6. The summed E-state index contributed by atoms with van der Waals surface area (Å²) >= 11 is 3.54. The second kappa shape index (κ2) is 4.62. The van der Waals surface area contributed by atoms with Crippen molar-refractivity contribution in [3.63, 3.8) is 0 Å². The van der Waals surface area contributed by atoms with Crippen LogP contribution in [0, 0.1) is 5.92 Å². The number of halogens is 1. The van der Waals surface area contributed by atoms with Crippen LogP contribution in [-0.2, 0) is 14.3 Å². The van der Waals surface area contributed by atoms with Crippen LogP contribution in [0.2, 0.25) is 0 Å². The second-order valence-electron chi connectivity index (χ2n) is 4.07. The topological polar surface area (TPSA) is 35.5 Å². The van der Waals surface area contributed by atoms with Crippen LogP contribution in [0.5, 0.6) is 0 Å². The molecule has 0 aromatic heterocycles. The highest BCUT2D eigenvalue weighted by Crippen LogP contribution is 2.33. The van der Waals surface area contributed by atoms with Gasteiger partial charge in [0.15, 0.2) is 0 Å². The van der Waals surface area contributed by atoms with E-state index in [1.54, 1.807) is 0 Å². The second-order valence-corrected chi connectivity index (χ2v) is 5.17. The highest BCUT2D eigenvalue weighted by molar-refractivity contribution is 9.09. The lowest BCUT2D eigenvalue weighted by molar-refractivity contribution is -0.157. The average molecular weight is 265 g/mol. The number of ether oxygens (including phenoxy) is 2. The fraction of sp³-hybridized carbons (Fsp3) is 0.900. The molecule has 0 aromatic carbocycles. The van der Waals surface area contributed by atoms with Crippen molar-refractivity contribution in [2.24, 2.45) is 5.92 Å². The van der Waals surface area contributed by atoms with Gasteiger partial charge >= 0.3 is 5.97 Å². The van der Waals surface area contributed by atoms with E-state index in [9.17, 15) is 4.79 Å². The third kappa shape index (κ3) is 2.70. The first kappa shape index (κ1) is 12.0. The van der Waals surface area contributed by atoms with Crippen LogP contribution >= 0.6 is 15.9 Å². The maximum absolute atomic E-state index is 11.4. The molecule has 0 saturated carbocycles. The SMILES string of the molecule is CCOC(=O)C1COC(C)(C)C(Br)C1. The Morgan fingerprint density at radius 3 is 2.79 bits per heavy atom. The summed E-state index contributed by atoms with van der Waals surface area (Å²) in [7, 11) is 0. The first-order chi connectivity index (χ1) is 6.47. The van der Waals surface area contributed by atoms with Gasteiger partial charge in [-0.2, -0.15) is 0 Å². The van der Waals surface area contributed by atoms with E-state index in [0.29, 0.717) is 13.2 Å². The van der Waals surface area contributed by atoms with Gasteiger partial charge in [0.1, 0.15) is 0 Å². The summed E-state index contributed by atoms with van der Waals surface area (Å²) in [5, 5.41) is 0. The maximum atomic E-state index is 11.4. The van der Waals surface area contributed by atoms with Crippen LogP contribution in [0.25, 0.3) is 0 Å². The molecule has 1 heterocycles. The van der Waals surface area contributed by atoms with Crippen molar-refractivity contribution in [2.75, 3.05) is 13.2 Å².